The molecule has 1 aliphatic rings. The first-order valence-electron chi connectivity index (χ1n) is 6.69. The molecule has 1 aromatic carbocycles. The van der Waals surface area contributed by atoms with Gasteiger partial charge < -0.3 is 5.11 Å². The maximum Gasteiger partial charge on any atom is 0.0719 e. The lowest BCUT2D eigenvalue weighted by molar-refractivity contribution is 0.00447. The summed E-state index contributed by atoms with van der Waals surface area (Å²) in [6, 6.07) is 6.09. The van der Waals surface area contributed by atoms with E-state index in [4.69, 9.17) is 11.6 Å². The Hall–Kier alpha value is -0.530. The van der Waals surface area contributed by atoms with Gasteiger partial charge in [-0.15, -0.1) is 0 Å². The standard InChI is InChI=1S/C16H23ClO/c1-11-5-6-13(14(17)7-11)9-16(18)10-15(3,4)8-12(16)2/h5-7,12,18H,8-10H2,1-4H3. The highest BCUT2D eigenvalue weighted by molar-refractivity contribution is 6.31. The van der Waals surface area contributed by atoms with Crippen molar-refractivity contribution in [3.05, 3.63) is 34.3 Å². The summed E-state index contributed by atoms with van der Waals surface area (Å²) in [7, 11) is 0. The first-order chi connectivity index (χ1) is 8.22. The van der Waals surface area contributed by atoms with Gasteiger partial charge in [0.2, 0.25) is 0 Å². The molecule has 0 bridgehead atoms. The molecule has 0 amide bonds. The van der Waals surface area contributed by atoms with E-state index >= 15 is 0 Å². The summed E-state index contributed by atoms with van der Waals surface area (Å²) in [5, 5.41) is 11.7. The fraction of sp³-hybridized carbons (Fsp3) is 0.625. The first kappa shape index (κ1) is 13.9. The molecule has 2 atom stereocenters. The monoisotopic (exact) mass is 266 g/mol. The van der Waals surface area contributed by atoms with Crippen molar-refractivity contribution in [2.75, 3.05) is 0 Å². The van der Waals surface area contributed by atoms with E-state index in [-0.39, 0.29) is 5.41 Å². The number of aryl methyl sites for hydroxylation is 1. The van der Waals surface area contributed by atoms with Gasteiger partial charge in [0.25, 0.3) is 0 Å². The Morgan fingerprint density at radius 3 is 2.56 bits per heavy atom. The van der Waals surface area contributed by atoms with Crippen molar-refractivity contribution in [1.82, 2.24) is 0 Å². The molecule has 0 saturated heterocycles. The van der Waals surface area contributed by atoms with E-state index in [1.807, 2.05) is 19.1 Å². The van der Waals surface area contributed by atoms with E-state index < -0.39 is 5.60 Å². The molecule has 1 saturated carbocycles. The third-order valence-electron chi connectivity index (χ3n) is 4.27. The molecule has 0 radical (unpaired) electrons. The number of hydrogen-bond acceptors (Lipinski definition) is 1. The second-order valence-corrected chi connectivity index (χ2v) is 7.23. The Bertz CT molecular complexity index is 452. The van der Waals surface area contributed by atoms with Gasteiger partial charge in [-0.1, -0.05) is 44.5 Å². The molecule has 100 valence electrons. The highest BCUT2D eigenvalue weighted by atomic mass is 35.5. The number of hydrogen-bond donors (Lipinski definition) is 1. The summed E-state index contributed by atoms with van der Waals surface area (Å²) in [6.07, 6.45) is 2.59. The highest BCUT2D eigenvalue weighted by Gasteiger charge is 2.47. The zero-order valence-corrected chi connectivity index (χ0v) is 12.5. The zero-order chi connectivity index (χ0) is 13.6. The van der Waals surface area contributed by atoms with Crippen molar-refractivity contribution in [1.29, 1.82) is 0 Å². The second-order valence-electron chi connectivity index (χ2n) is 6.82. The van der Waals surface area contributed by atoms with E-state index in [2.05, 4.69) is 26.8 Å². The zero-order valence-electron chi connectivity index (χ0n) is 11.8. The lowest BCUT2D eigenvalue weighted by Gasteiger charge is -2.29. The Labute approximate surface area is 115 Å². The van der Waals surface area contributed by atoms with Crippen LogP contribution in [0.15, 0.2) is 18.2 Å². The summed E-state index contributed by atoms with van der Waals surface area (Å²) in [5.74, 6) is 0.324. The minimum Gasteiger partial charge on any atom is -0.389 e. The number of rotatable bonds is 2. The maximum absolute atomic E-state index is 10.9. The van der Waals surface area contributed by atoms with Crippen LogP contribution < -0.4 is 0 Å². The van der Waals surface area contributed by atoms with Crippen molar-refractivity contribution < 1.29 is 5.11 Å². The number of halogens is 1. The number of aliphatic hydroxyl groups is 1. The second kappa shape index (κ2) is 4.54. The van der Waals surface area contributed by atoms with E-state index in [1.54, 1.807) is 0 Å². The summed E-state index contributed by atoms with van der Waals surface area (Å²) >= 11 is 6.28. The van der Waals surface area contributed by atoms with Crippen LogP contribution in [-0.4, -0.2) is 10.7 Å². The third kappa shape index (κ3) is 2.73. The van der Waals surface area contributed by atoms with Gasteiger partial charge in [0, 0.05) is 11.4 Å². The van der Waals surface area contributed by atoms with Crippen LogP contribution in [0.2, 0.25) is 5.02 Å². The minimum absolute atomic E-state index is 0.228. The maximum atomic E-state index is 10.9. The molecule has 0 aromatic heterocycles. The van der Waals surface area contributed by atoms with Gasteiger partial charge in [-0.25, -0.2) is 0 Å². The Kier molecular flexibility index (Phi) is 3.50. The Morgan fingerprint density at radius 1 is 1.39 bits per heavy atom. The molecular formula is C16H23ClO. The summed E-state index contributed by atoms with van der Waals surface area (Å²) in [5.41, 5.74) is 1.85. The highest BCUT2D eigenvalue weighted by Crippen LogP contribution is 2.49. The number of benzene rings is 1. The lowest BCUT2D eigenvalue weighted by atomic mass is 9.84. The molecule has 2 rings (SSSR count). The SMILES string of the molecule is Cc1ccc(CC2(O)CC(C)(C)CC2C)c(Cl)c1. The summed E-state index contributed by atoms with van der Waals surface area (Å²) in [4.78, 5) is 0. The topological polar surface area (TPSA) is 20.2 Å². The van der Waals surface area contributed by atoms with E-state index in [9.17, 15) is 5.11 Å². The van der Waals surface area contributed by atoms with Crippen LogP contribution in [0.3, 0.4) is 0 Å². The molecule has 0 heterocycles. The van der Waals surface area contributed by atoms with Crippen LogP contribution in [0.1, 0.15) is 44.7 Å². The van der Waals surface area contributed by atoms with Gasteiger partial charge >= 0.3 is 0 Å². The molecule has 0 aliphatic heterocycles. The summed E-state index contributed by atoms with van der Waals surface area (Å²) < 4.78 is 0. The predicted molar refractivity (Wildman–Crippen MR) is 77.0 cm³/mol. The van der Waals surface area contributed by atoms with E-state index in [1.165, 1.54) is 0 Å². The first-order valence-corrected chi connectivity index (χ1v) is 7.07. The van der Waals surface area contributed by atoms with E-state index in [0.29, 0.717) is 12.3 Å². The van der Waals surface area contributed by atoms with Gasteiger partial charge in [0.1, 0.15) is 0 Å². The third-order valence-corrected chi connectivity index (χ3v) is 4.62. The van der Waals surface area contributed by atoms with Gasteiger partial charge in [0.05, 0.1) is 5.60 Å². The fourth-order valence-electron chi connectivity index (χ4n) is 3.46. The average molecular weight is 267 g/mol. The largest absolute Gasteiger partial charge is 0.389 e. The molecule has 1 aromatic rings. The molecule has 1 aliphatic carbocycles. The quantitative estimate of drug-likeness (QED) is 0.842. The van der Waals surface area contributed by atoms with Crippen LogP contribution in [0.25, 0.3) is 0 Å². The molecule has 0 spiro atoms. The van der Waals surface area contributed by atoms with Crippen molar-refractivity contribution in [2.24, 2.45) is 11.3 Å². The van der Waals surface area contributed by atoms with Crippen molar-refractivity contribution in [2.45, 2.75) is 52.6 Å². The molecule has 1 N–H and O–H groups in total. The van der Waals surface area contributed by atoms with Gasteiger partial charge in [0.15, 0.2) is 0 Å². The van der Waals surface area contributed by atoms with E-state index in [0.717, 1.165) is 29.0 Å². The van der Waals surface area contributed by atoms with Crippen molar-refractivity contribution in [3.8, 4) is 0 Å². The normalized spacial score (nSPS) is 30.7. The predicted octanol–water partition coefficient (Wildman–Crippen LogP) is 4.38. The van der Waals surface area contributed by atoms with Crippen molar-refractivity contribution >= 4 is 11.6 Å². The Balaban J connectivity index is 2.23. The molecule has 1 fully saturated rings. The molecular weight excluding hydrogens is 244 g/mol. The molecule has 18 heavy (non-hydrogen) atoms. The van der Waals surface area contributed by atoms with Gasteiger partial charge in [-0.05, 0) is 48.3 Å². The van der Waals surface area contributed by atoms with Gasteiger partial charge in [-0.3, -0.25) is 0 Å². The summed E-state index contributed by atoms with van der Waals surface area (Å²) in [6.45, 7) is 8.65. The Morgan fingerprint density at radius 2 is 2.06 bits per heavy atom. The van der Waals surface area contributed by atoms with Crippen LogP contribution in [0.4, 0.5) is 0 Å². The van der Waals surface area contributed by atoms with Crippen LogP contribution in [0, 0.1) is 18.3 Å². The fourth-order valence-corrected chi connectivity index (χ4v) is 3.76. The van der Waals surface area contributed by atoms with Crippen LogP contribution in [0.5, 0.6) is 0 Å². The molecule has 2 unspecified atom stereocenters. The average Bonchev–Trinajstić information content (AvgIpc) is 2.40. The van der Waals surface area contributed by atoms with Gasteiger partial charge in [-0.2, -0.15) is 0 Å². The molecule has 2 heteroatoms. The van der Waals surface area contributed by atoms with Crippen LogP contribution >= 0.6 is 11.6 Å². The minimum atomic E-state index is -0.609. The van der Waals surface area contributed by atoms with Crippen LogP contribution in [-0.2, 0) is 6.42 Å². The molecule has 1 nitrogen and oxygen atoms in total. The lowest BCUT2D eigenvalue weighted by Crippen LogP contribution is -2.34. The smallest absolute Gasteiger partial charge is 0.0719 e. The van der Waals surface area contributed by atoms with Crippen molar-refractivity contribution in [3.63, 3.8) is 0 Å².